The summed E-state index contributed by atoms with van der Waals surface area (Å²) >= 11 is 0. The first-order valence-electron chi connectivity index (χ1n) is 11.3. The van der Waals surface area contributed by atoms with Crippen LogP contribution in [0.3, 0.4) is 0 Å². The number of ether oxygens (including phenoxy) is 2. The smallest absolute Gasteiger partial charge is 0.155 e. The summed E-state index contributed by atoms with van der Waals surface area (Å²) in [4.78, 5) is 4.67. The van der Waals surface area contributed by atoms with E-state index in [0.717, 1.165) is 44.9 Å². The fraction of sp³-hybridized carbons (Fsp3) is 0.103. The van der Waals surface area contributed by atoms with Gasteiger partial charge in [0.25, 0.3) is 0 Å². The molecule has 0 aliphatic heterocycles. The van der Waals surface area contributed by atoms with E-state index in [1.807, 2.05) is 85.9 Å². The van der Waals surface area contributed by atoms with Crippen LogP contribution in [-0.2, 0) is 6.61 Å². The predicted molar refractivity (Wildman–Crippen MR) is 135 cm³/mol. The summed E-state index contributed by atoms with van der Waals surface area (Å²) in [6.45, 7) is 2.32. The third kappa shape index (κ3) is 4.10. The fourth-order valence-corrected chi connectivity index (χ4v) is 4.15. The van der Waals surface area contributed by atoms with Gasteiger partial charge in [0.1, 0.15) is 29.4 Å². The molecule has 0 saturated heterocycles. The second-order valence-electron chi connectivity index (χ2n) is 8.32. The highest BCUT2D eigenvalue weighted by Gasteiger charge is 2.15. The van der Waals surface area contributed by atoms with Crippen LogP contribution >= 0.6 is 0 Å². The van der Waals surface area contributed by atoms with Crippen molar-refractivity contribution in [2.24, 2.45) is 0 Å². The maximum Gasteiger partial charge on any atom is 0.155 e. The normalized spacial score (nSPS) is 11.3. The summed E-state index contributed by atoms with van der Waals surface area (Å²) in [7, 11) is 1.65. The van der Waals surface area contributed by atoms with Crippen molar-refractivity contribution >= 4 is 16.6 Å². The first kappa shape index (κ1) is 21.0. The van der Waals surface area contributed by atoms with E-state index in [-0.39, 0.29) is 0 Å². The van der Waals surface area contributed by atoms with Crippen LogP contribution in [0.1, 0.15) is 11.3 Å². The van der Waals surface area contributed by atoms with Crippen molar-refractivity contribution in [1.82, 2.24) is 14.6 Å². The average Bonchev–Trinajstić information content (AvgIpc) is 3.52. The minimum Gasteiger partial charge on any atom is -0.497 e. The number of benzene rings is 3. The third-order valence-corrected chi connectivity index (χ3v) is 5.92. The molecule has 0 N–H and O–H groups in total. The Hall–Kier alpha value is -4.58. The molecule has 35 heavy (non-hydrogen) atoms. The zero-order valence-corrected chi connectivity index (χ0v) is 19.4. The summed E-state index contributed by atoms with van der Waals surface area (Å²) in [5.41, 5.74) is 6.30. The molecule has 0 saturated carbocycles. The first-order chi connectivity index (χ1) is 17.2. The number of aryl methyl sites for hydroxylation is 1. The molecular weight excluding hydrogens is 438 g/mol. The Bertz CT molecular complexity index is 1650. The minimum atomic E-state index is 0.366. The lowest BCUT2D eigenvalue weighted by Crippen LogP contribution is -1.97. The van der Waals surface area contributed by atoms with Crippen LogP contribution in [0.15, 0.2) is 89.5 Å². The van der Waals surface area contributed by atoms with Crippen LogP contribution in [-0.4, -0.2) is 21.7 Å². The van der Waals surface area contributed by atoms with Crippen molar-refractivity contribution in [1.29, 1.82) is 0 Å². The minimum absolute atomic E-state index is 0.366. The van der Waals surface area contributed by atoms with E-state index in [0.29, 0.717) is 23.7 Å². The zero-order chi connectivity index (χ0) is 23.8. The van der Waals surface area contributed by atoms with Gasteiger partial charge in [0.05, 0.1) is 19.0 Å². The van der Waals surface area contributed by atoms with Gasteiger partial charge in [-0.1, -0.05) is 36.4 Å². The highest BCUT2D eigenvalue weighted by atomic mass is 16.5. The van der Waals surface area contributed by atoms with Gasteiger partial charge in [0.2, 0.25) is 0 Å². The van der Waals surface area contributed by atoms with E-state index in [9.17, 15) is 0 Å². The molecule has 0 unspecified atom stereocenters. The van der Waals surface area contributed by atoms with E-state index in [1.165, 1.54) is 0 Å². The number of fused-ring (bicyclic) bond motifs is 2. The van der Waals surface area contributed by atoms with Gasteiger partial charge in [-0.3, -0.25) is 0 Å². The third-order valence-electron chi connectivity index (χ3n) is 5.92. The summed E-state index contributed by atoms with van der Waals surface area (Å²) < 4.78 is 19.7. The van der Waals surface area contributed by atoms with E-state index in [2.05, 4.69) is 22.2 Å². The Morgan fingerprint density at radius 2 is 1.83 bits per heavy atom. The fourth-order valence-electron chi connectivity index (χ4n) is 4.15. The van der Waals surface area contributed by atoms with Gasteiger partial charge in [-0.2, -0.15) is 5.10 Å². The number of hydrogen-bond donors (Lipinski definition) is 0. The van der Waals surface area contributed by atoms with Gasteiger partial charge in [-0.05, 0) is 60.5 Å². The Morgan fingerprint density at radius 3 is 2.69 bits per heavy atom. The van der Waals surface area contributed by atoms with E-state index < -0.39 is 0 Å². The molecule has 6 aromatic rings. The largest absolute Gasteiger partial charge is 0.497 e. The molecule has 0 spiro atoms. The summed E-state index contributed by atoms with van der Waals surface area (Å²) in [6, 6.07) is 28.8. The molecule has 3 aromatic carbocycles. The molecule has 6 nitrogen and oxygen atoms in total. The standard InChI is InChI=1S/C29H22N3O3/c1-19-11-12-29-30-26(17-32(29)31-19)28-16-25-22(14-24(33-2)15-27(25)35-28)18-34-23-10-6-9-21(13-23)20-7-4-3-5-8-20/h4-17H,18H2,1-2H3. The van der Waals surface area contributed by atoms with E-state index in [4.69, 9.17) is 13.9 Å². The lowest BCUT2D eigenvalue weighted by atomic mass is 10.1. The van der Waals surface area contributed by atoms with Gasteiger partial charge >= 0.3 is 0 Å². The van der Waals surface area contributed by atoms with E-state index in [1.54, 1.807) is 11.6 Å². The zero-order valence-electron chi connectivity index (χ0n) is 19.4. The van der Waals surface area contributed by atoms with Crippen LogP contribution in [0.4, 0.5) is 0 Å². The molecule has 3 heterocycles. The second-order valence-corrected chi connectivity index (χ2v) is 8.32. The highest BCUT2D eigenvalue weighted by molar-refractivity contribution is 5.87. The van der Waals surface area contributed by atoms with Gasteiger partial charge in [-0.15, -0.1) is 0 Å². The lowest BCUT2D eigenvalue weighted by Gasteiger charge is -2.10. The van der Waals surface area contributed by atoms with Crippen molar-refractivity contribution < 1.29 is 13.9 Å². The molecule has 0 bridgehead atoms. The summed E-state index contributed by atoms with van der Waals surface area (Å²) in [6.07, 6.45) is 1.88. The Kier molecular flexibility index (Phi) is 5.19. The monoisotopic (exact) mass is 460 g/mol. The van der Waals surface area contributed by atoms with Crippen molar-refractivity contribution in [2.45, 2.75) is 13.5 Å². The maximum absolute atomic E-state index is 6.20. The summed E-state index contributed by atoms with van der Waals surface area (Å²) in [5.74, 6) is 2.16. The van der Waals surface area contributed by atoms with Gasteiger partial charge in [0, 0.05) is 17.0 Å². The number of nitrogens with zero attached hydrogens (tertiary/aromatic N) is 3. The molecule has 0 aliphatic rings. The topological polar surface area (TPSA) is 61.8 Å². The Labute approximate surface area is 202 Å². The molecule has 6 rings (SSSR count). The first-order valence-corrected chi connectivity index (χ1v) is 11.3. The number of hydrogen-bond acceptors (Lipinski definition) is 5. The molecule has 6 heteroatoms. The van der Waals surface area contributed by atoms with Crippen LogP contribution < -0.4 is 9.47 Å². The van der Waals surface area contributed by atoms with Gasteiger partial charge < -0.3 is 13.9 Å². The second kappa shape index (κ2) is 8.65. The molecule has 1 radical (unpaired) electrons. The van der Waals surface area contributed by atoms with Crippen molar-refractivity contribution in [2.75, 3.05) is 7.11 Å². The number of rotatable bonds is 6. The molecule has 171 valence electrons. The average molecular weight is 461 g/mol. The molecule has 0 aliphatic carbocycles. The predicted octanol–water partition coefficient (Wildman–Crippen LogP) is 6.51. The van der Waals surface area contributed by atoms with Crippen molar-refractivity contribution in [3.05, 3.63) is 102 Å². The Balaban J connectivity index is 1.33. The summed E-state index contributed by atoms with van der Waals surface area (Å²) in [5, 5.41) is 5.44. The van der Waals surface area contributed by atoms with Gasteiger partial charge in [-0.25, -0.2) is 9.50 Å². The molecule has 3 aromatic heterocycles. The quantitative estimate of drug-likeness (QED) is 0.284. The van der Waals surface area contributed by atoms with Crippen LogP contribution in [0.25, 0.3) is 39.2 Å². The van der Waals surface area contributed by atoms with Crippen molar-refractivity contribution in [3.8, 4) is 34.1 Å². The number of aromatic nitrogens is 3. The van der Waals surface area contributed by atoms with Crippen LogP contribution in [0, 0.1) is 13.0 Å². The Morgan fingerprint density at radius 1 is 0.943 bits per heavy atom. The van der Waals surface area contributed by atoms with E-state index >= 15 is 0 Å². The van der Waals surface area contributed by atoms with Crippen LogP contribution in [0.2, 0.25) is 0 Å². The highest BCUT2D eigenvalue weighted by Crippen LogP contribution is 2.34. The molecular formula is C29H22N3O3. The SMILES string of the molecule is COc1cc(COc2cccc(-c3cc[c]cc3)c2)c2cc(-c3cn4nc(C)ccc4n3)oc2c1. The van der Waals surface area contributed by atoms with Crippen LogP contribution in [0.5, 0.6) is 11.5 Å². The molecule has 0 fully saturated rings. The number of imidazole rings is 1. The molecule has 0 atom stereocenters. The van der Waals surface area contributed by atoms with Crippen molar-refractivity contribution in [3.63, 3.8) is 0 Å². The maximum atomic E-state index is 6.20. The lowest BCUT2D eigenvalue weighted by molar-refractivity contribution is 0.307. The number of methoxy groups -OCH3 is 1. The number of furan rings is 1. The van der Waals surface area contributed by atoms with Gasteiger partial charge in [0.15, 0.2) is 11.4 Å². The molecule has 0 amide bonds.